The number of allylic oxidation sites excluding steroid dienone is 14. The lowest BCUT2D eigenvalue weighted by Crippen LogP contribution is -2.24. The molecular formula is C62H51N3. The zero-order valence-corrected chi connectivity index (χ0v) is 37.0. The van der Waals surface area contributed by atoms with Crippen molar-refractivity contribution in [3.05, 3.63) is 269 Å². The largest absolute Gasteiger partial charge is 0.313 e. The van der Waals surface area contributed by atoms with Crippen LogP contribution in [0.1, 0.15) is 66.8 Å². The van der Waals surface area contributed by atoms with Crippen LogP contribution < -0.4 is 14.7 Å². The van der Waals surface area contributed by atoms with E-state index in [0.29, 0.717) is 5.92 Å². The van der Waals surface area contributed by atoms with Crippen molar-refractivity contribution in [1.29, 1.82) is 0 Å². The fraction of sp³-hybridized carbons (Fsp3) is 0.113. The minimum absolute atomic E-state index is 0.285. The molecule has 0 saturated carbocycles. The number of rotatable bonds is 9. The van der Waals surface area contributed by atoms with Crippen LogP contribution in [0.2, 0.25) is 0 Å². The van der Waals surface area contributed by atoms with Gasteiger partial charge in [-0.2, -0.15) is 0 Å². The Morgan fingerprint density at radius 1 is 0.569 bits per heavy atom. The molecule has 1 heterocycles. The summed E-state index contributed by atoms with van der Waals surface area (Å²) in [7, 11) is 0. The summed E-state index contributed by atoms with van der Waals surface area (Å²) in [5.41, 5.74) is 24.0. The van der Waals surface area contributed by atoms with E-state index in [4.69, 9.17) is 0 Å². The molecule has 5 aliphatic rings. The number of benzene rings is 6. The van der Waals surface area contributed by atoms with Crippen LogP contribution in [-0.4, -0.2) is 0 Å². The summed E-state index contributed by atoms with van der Waals surface area (Å²) in [5, 5.41) is 0. The monoisotopic (exact) mass is 837 g/mol. The lowest BCUT2D eigenvalue weighted by Gasteiger charge is -2.35. The summed E-state index contributed by atoms with van der Waals surface area (Å²) < 4.78 is 0. The van der Waals surface area contributed by atoms with Crippen molar-refractivity contribution < 1.29 is 0 Å². The average molecular weight is 838 g/mol. The third-order valence-corrected chi connectivity index (χ3v) is 13.2. The molecule has 2 bridgehead atoms. The molecule has 314 valence electrons. The van der Waals surface area contributed by atoms with Gasteiger partial charge < -0.3 is 14.7 Å². The van der Waals surface area contributed by atoms with Crippen molar-refractivity contribution in [1.82, 2.24) is 0 Å². The number of hydrogen-bond donors (Lipinski definition) is 0. The molecule has 6 aromatic rings. The van der Waals surface area contributed by atoms with E-state index < -0.39 is 0 Å². The molecule has 0 radical (unpaired) electrons. The molecule has 65 heavy (non-hydrogen) atoms. The van der Waals surface area contributed by atoms with Crippen LogP contribution in [-0.2, 0) is 0 Å². The first-order valence-electron chi connectivity index (χ1n) is 23.0. The smallest absolute Gasteiger partial charge is 0.0897 e. The van der Waals surface area contributed by atoms with Crippen molar-refractivity contribution in [3.63, 3.8) is 0 Å². The molecule has 11 rings (SSSR count). The maximum atomic E-state index is 3.98. The van der Waals surface area contributed by atoms with Gasteiger partial charge in [0.05, 0.1) is 17.1 Å². The Kier molecular flexibility index (Phi) is 10.7. The van der Waals surface area contributed by atoms with Crippen LogP contribution in [0.25, 0.3) is 22.8 Å². The second-order valence-corrected chi connectivity index (χ2v) is 17.5. The highest BCUT2D eigenvalue weighted by molar-refractivity contribution is 6.00. The summed E-state index contributed by atoms with van der Waals surface area (Å²) in [4.78, 5) is 7.31. The van der Waals surface area contributed by atoms with E-state index in [-0.39, 0.29) is 5.92 Å². The fourth-order valence-electron chi connectivity index (χ4n) is 10.1. The van der Waals surface area contributed by atoms with Gasteiger partial charge in [-0.3, -0.25) is 0 Å². The van der Waals surface area contributed by atoms with Gasteiger partial charge in [0.2, 0.25) is 0 Å². The molecule has 6 aromatic carbocycles. The molecule has 3 nitrogen and oxygen atoms in total. The minimum atomic E-state index is 0.285. The zero-order valence-electron chi connectivity index (χ0n) is 37.0. The number of fused-ring (bicyclic) bond motifs is 3. The van der Waals surface area contributed by atoms with Crippen LogP contribution >= 0.6 is 0 Å². The summed E-state index contributed by atoms with van der Waals surface area (Å²) in [6.07, 6.45) is 29.9. The third kappa shape index (κ3) is 7.61. The van der Waals surface area contributed by atoms with E-state index >= 15 is 0 Å². The SMILES string of the molecule is CC1CC=CC(c2ccc3c(c2)C2=C=C(C=CC(c4ccccc4N(C4=CC=CC=CC4)c4ccccc4)=C2)N3c2ccc3c(c2)C(C)CC=C3)=C1N(c1ccccc1)c1ccccc1. The van der Waals surface area contributed by atoms with Crippen LogP contribution in [0.4, 0.5) is 34.1 Å². The molecule has 4 aliphatic carbocycles. The summed E-state index contributed by atoms with van der Waals surface area (Å²) >= 11 is 0. The van der Waals surface area contributed by atoms with Crippen molar-refractivity contribution in [3.8, 4) is 0 Å². The van der Waals surface area contributed by atoms with Gasteiger partial charge in [-0.05, 0) is 126 Å². The summed E-state index contributed by atoms with van der Waals surface area (Å²) in [6, 6.07) is 55.3. The lowest BCUT2D eigenvalue weighted by molar-refractivity contribution is 0.674. The van der Waals surface area contributed by atoms with Gasteiger partial charge in [0.15, 0.2) is 0 Å². The number of para-hydroxylation sites is 4. The first-order chi connectivity index (χ1) is 32.1. The van der Waals surface area contributed by atoms with Gasteiger partial charge in [-0.15, -0.1) is 0 Å². The molecule has 0 amide bonds. The minimum Gasteiger partial charge on any atom is -0.313 e. The van der Waals surface area contributed by atoms with Crippen molar-refractivity contribution in [2.45, 2.75) is 39.0 Å². The molecule has 2 unspecified atom stereocenters. The molecule has 0 fully saturated rings. The fourth-order valence-corrected chi connectivity index (χ4v) is 10.1. The molecule has 3 heteroatoms. The van der Waals surface area contributed by atoms with Crippen molar-refractivity contribution in [2.75, 3.05) is 14.7 Å². The maximum Gasteiger partial charge on any atom is 0.0897 e. The van der Waals surface area contributed by atoms with E-state index in [1.165, 1.54) is 33.7 Å². The predicted octanol–water partition coefficient (Wildman–Crippen LogP) is 16.6. The topological polar surface area (TPSA) is 9.72 Å². The van der Waals surface area contributed by atoms with E-state index in [9.17, 15) is 0 Å². The molecular weight excluding hydrogens is 787 g/mol. The van der Waals surface area contributed by atoms with E-state index in [2.05, 4.69) is 259 Å². The van der Waals surface area contributed by atoms with Gasteiger partial charge in [-0.25, -0.2) is 0 Å². The number of hydrogen-bond acceptors (Lipinski definition) is 3. The van der Waals surface area contributed by atoms with Crippen molar-refractivity contribution >= 4 is 56.9 Å². The average Bonchev–Trinajstić information content (AvgIpc) is 3.74. The summed E-state index contributed by atoms with van der Waals surface area (Å²) in [6.45, 7) is 4.70. The summed E-state index contributed by atoms with van der Waals surface area (Å²) in [5.74, 6) is 0.730. The lowest BCUT2D eigenvalue weighted by atomic mass is 9.86. The molecule has 0 aromatic heterocycles. The molecule has 2 atom stereocenters. The van der Waals surface area contributed by atoms with Gasteiger partial charge in [0.25, 0.3) is 0 Å². The standard InChI is InChI=1S/C62H51N3/c1-44-20-18-22-46-34-37-55(43-58(44)46)64-54-38-35-47(56-31-16-17-33-60(56)63(51-25-10-5-11-26-51)50-23-8-3-4-9-24-50)40-49(41-54)59-42-48(36-39-61(59)64)57-32-19-21-45(2)62(57)65(52-27-12-6-13-28-52)53-29-14-7-15-30-53/h3-19,22-23,25-40,42-45H,20-21,24H2,1-2H3. The van der Waals surface area contributed by atoms with E-state index in [1.54, 1.807) is 0 Å². The van der Waals surface area contributed by atoms with Crippen LogP contribution in [0.15, 0.2) is 241 Å². The van der Waals surface area contributed by atoms with Crippen molar-refractivity contribution in [2.24, 2.45) is 5.92 Å². The first kappa shape index (κ1) is 40.0. The van der Waals surface area contributed by atoms with E-state index in [0.717, 1.165) is 81.4 Å². The Morgan fingerprint density at radius 2 is 1.26 bits per heavy atom. The zero-order chi connectivity index (χ0) is 43.7. The van der Waals surface area contributed by atoms with Gasteiger partial charge in [-0.1, -0.05) is 159 Å². The molecule has 0 spiro atoms. The van der Waals surface area contributed by atoms with Gasteiger partial charge >= 0.3 is 0 Å². The van der Waals surface area contributed by atoms with Gasteiger partial charge in [0.1, 0.15) is 0 Å². The van der Waals surface area contributed by atoms with Crippen LogP contribution in [0.5, 0.6) is 0 Å². The van der Waals surface area contributed by atoms with Gasteiger partial charge in [0, 0.05) is 68.8 Å². The van der Waals surface area contributed by atoms with E-state index in [1.807, 2.05) is 0 Å². The highest BCUT2D eigenvalue weighted by Gasteiger charge is 2.30. The Hall–Kier alpha value is -7.84. The Balaban J connectivity index is 1.10. The molecule has 1 aliphatic heterocycles. The Bertz CT molecular complexity index is 3090. The number of anilines is 6. The first-order valence-corrected chi connectivity index (χ1v) is 23.0. The quantitative estimate of drug-likeness (QED) is 0.134. The molecule has 0 N–H and O–H groups in total. The van der Waals surface area contributed by atoms with Crippen LogP contribution in [0.3, 0.4) is 0 Å². The highest BCUT2D eigenvalue weighted by atomic mass is 15.2. The second kappa shape index (κ2) is 17.4. The highest BCUT2D eigenvalue weighted by Crippen LogP contribution is 2.48. The second-order valence-electron chi connectivity index (χ2n) is 17.5. The normalized spacial score (nSPS) is 18.2. The maximum absolute atomic E-state index is 3.98. The Labute approximate surface area is 384 Å². The van der Waals surface area contributed by atoms with Crippen LogP contribution in [0, 0.1) is 5.92 Å². The predicted molar refractivity (Wildman–Crippen MR) is 276 cm³/mol. The Morgan fingerprint density at radius 3 is 2.03 bits per heavy atom. The third-order valence-electron chi connectivity index (χ3n) is 13.2. The molecule has 0 saturated heterocycles. The number of nitrogens with zero attached hydrogens (tertiary/aromatic N) is 3.